The van der Waals surface area contributed by atoms with E-state index in [4.69, 9.17) is 9.47 Å². The Morgan fingerprint density at radius 3 is 2.64 bits per heavy atom. The van der Waals surface area contributed by atoms with Crippen molar-refractivity contribution in [2.75, 3.05) is 25.0 Å². The number of ether oxygens (including phenoxy) is 2. The van der Waals surface area contributed by atoms with Crippen LogP contribution in [-0.2, 0) is 23.8 Å². The normalized spacial score (nSPS) is 12.8. The van der Waals surface area contributed by atoms with E-state index in [9.17, 15) is 17.6 Å². The molecule has 33 heavy (non-hydrogen) atoms. The van der Waals surface area contributed by atoms with Gasteiger partial charge >= 0.3 is 6.18 Å². The van der Waals surface area contributed by atoms with Crippen LogP contribution in [0, 0.1) is 5.82 Å². The molecule has 0 saturated heterocycles. The van der Waals surface area contributed by atoms with Crippen molar-refractivity contribution >= 4 is 17.9 Å². The van der Waals surface area contributed by atoms with Crippen LogP contribution in [0.4, 0.5) is 23.5 Å². The largest absolute Gasteiger partial charge is 0.493 e. The van der Waals surface area contributed by atoms with Gasteiger partial charge in [-0.05, 0) is 60.5 Å². The Morgan fingerprint density at radius 2 is 1.91 bits per heavy atom. The first-order chi connectivity index (χ1) is 15.8. The lowest BCUT2D eigenvalue weighted by Crippen LogP contribution is -2.08. The third-order valence-electron chi connectivity index (χ3n) is 4.62. The highest BCUT2D eigenvalue weighted by Gasteiger charge is 2.30. The minimum atomic E-state index is -4.26. The lowest BCUT2D eigenvalue weighted by Gasteiger charge is -2.17. The zero-order valence-electron chi connectivity index (χ0n) is 17.9. The van der Waals surface area contributed by atoms with Crippen LogP contribution < -0.4 is 9.46 Å². The first-order valence-corrected chi connectivity index (χ1v) is 11.0. The number of fused-ring (bicyclic) bond motifs is 1. The molecule has 176 valence electrons. The number of rotatable bonds is 6. The summed E-state index contributed by atoms with van der Waals surface area (Å²) in [6.07, 6.45) is 0.636. The smallest absolute Gasteiger partial charge is 0.416 e. The molecule has 0 radical (unpaired) electrons. The quantitative estimate of drug-likeness (QED) is 0.347. The molecule has 1 aromatic heterocycles. The van der Waals surface area contributed by atoms with Gasteiger partial charge in [0, 0.05) is 12.0 Å². The van der Waals surface area contributed by atoms with Crippen LogP contribution in [0.3, 0.4) is 0 Å². The van der Waals surface area contributed by atoms with Crippen molar-refractivity contribution in [3.63, 3.8) is 0 Å². The highest BCUT2D eigenvalue weighted by atomic mass is 32.2. The number of nitrogens with one attached hydrogen (secondary N) is 1. The molecule has 3 aromatic rings. The van der Waals surface area contributed by atoms with Gasteiger partial charge in [0.15, 0.2) is 5.82 Å². The van der Waals surface area contributed by atoms with E-state index in [1.54, 1.807) is 6.07 Å². The third kappa shape index (κ3) is 7.90. The van der Waals surface area contributed by atoms with Gasteiger partial charge in [0.05, 0.1) is 31.2 Å². The van der Waals surface area contributed by atoms with Crippen molar-refractivity contribution in [2.24, 2.45) is 0 Å². The highest BCUT2D eigenvalue weighted by Crippen LogP contribution is 2.30. The molecule has 2 aromatic carbocycles. The molecule has 1 aliphatic heterocycles. The van der Waals surface area contributed by atoms with Crippen molar-refractivity contribution in [3.8, 4) is 5.75 Å². The van der Waals surface area contributed by atoms with Crippen LogP contribution in [0.2, 0.25) is 0 Å². The molecule has 5 nitrogen and oxygen atoms in total. The lowest BCUT2D eigenvalue weighted by molar-refractivity contribution is -0.137. The summed E-state index contributed by atoms with van der Waals surface area (Å²) in [6, 6.07) is 11.4. The first kappa shape index (κ1) is 24.8. The Labute approximate surface area is 193 Å². The Hall–Kier alpha value is -2.85. The molecule has 0 amide bonds. The first-order valence-electron chi connectivity index (χ1n) is 10.2. The number of aromatic nitrogens is 2. The molecular formula is C23H23F4N3O2S. The van der Waals surface area contributed by atoms with E-state index >= 15 is 0 Å². The van der Waals surface area contributed by atoms with Crippen molar-refractivity contribution in [3.05, 3.63) is 77.4 Å². The number of anilines is 1. The number of methoxy groups -OCH3 is 1. The van der Waals surface area contributed by atoms with Gasteiger partial charge in [-0.1, -0.05) is 24.3 Å². The Kier molecular flexibility index (Phi) is 8.90. The van der Waals surface area contributed by atoms with E-state index in [1.165, 1.54) is 30.7 Å². The van der Waals surface area contributed by atoms with Gasteiger partial charge in [-0.2, -0.15) is 13.2 Å². The van der Waals surface area contributed by atoms with E-state index in [1.807, 2.05) is 12.1 Å². The van der Waals surface area contributed by atoms with Crippen LogP contribution in [0.25, 0.3) is 0 Å². The predicted molar refractivity (Wildman–Crippen MR) is 119 cm³/mol. The molecule has 0 atom stereocenters. The summed E-state index contributed by atoms with van der Waals surface area (Å²) >= 11 is 1.37. The molecular weight excluding hydrogens is 458 g/mol. The second-order valence-corrected chi connectivity index (χ2v) is 7.97. The Balaban J connectivity index is 0.000000196. The topological polar surface area (TPSA) is 56.3 Å². The Bertz CT molecular complexity index is 1030. The van der Waals surface area contributed by atoms with Crippen molar-refractivity contribution in [1.82, 2.24) is 9.97 Å². The minimum absolute atomic E-state index is 0.380. The number of halogens is 4. The second-order valence-electron chi connectivity index (χ2n) is 7.09. The summed E-state index contributed by atoms with van der Waals surface area (Å²) in [6.45, 7) is 1.21. The zero-order valence-corrected chi connectivity index (χ0v) is 18.7. The summed E-state index contributed by atoms with van der Waals surface area (Å²) in [7, 11) is 1.52. The highest BCUT2D eigenvalue weighted by molar-refractivity contribution is 8.00. The van der Waals surface area contributed by atoms with Crippen molar-refractivity contribution < 1.29 is 27.0 Å². The average molecular weight is 482 g/mol. The number of aryl methyl sites for hydroxylation is 1. The van der Waals surface area contributed by atoms with Gasteiger partial charge in [0.2, 0.25) is 5.95 Å². The monoisotopic (exact) mass is 481 g/mol. The fraction of sp³-hybridized carbons (Fsp3) is 0.304. The SMILES string of the molecule is COCCc1cccc(C(F)(F)F)c1.Fc1cnc(NSc2ccc3c(c2)OCCC3)nc1. The molecule has 1 aliphatic rings. The number of hydrogen-bond donors (Lipinski definition) is 1. The van der Waals surface area contributed by atoms with Crippen LogP contribution in [0.15, 0.2) is 59.8 Å². The van der Waals surface area contributed by atoms with E-state index in [0.29, 0.717) is 24.5 Å². The van der Waals surface area contributed by atoms with Crippen molar-refractivity contribution in [1.29, 1.82) is 0 Å². The third-order valence-corrected chi connectivity index (χ3v) is 5.39. The van der Waals surface area contributed by atoms with Gasteiger partial charge in [-0.25, -0.2) is 14.4 Å². The maximum absolute atomic E-state index is 12.7. The summed E-state index contributed by atoms with van der Waals surface area (Å²) < 4.78 is 62.8. The second kappa shape index (κ2) is 11.9. The summed E-state index contributed by atoms with van der Waals surface area (Å²) in [4.78, 5) is 8.67. The average Bonchev–Trinajstić information content (AvgIpc) is 2.82. The van der Waals surface area contributed by atoms with Crippen LogP contribution >= 0.6 is 11.9 Å². The molecule has 0 fully saturated rings. The molecule has 0 bridgehead atoms. The number of hydrogen-bond acceptors (Lipinski definition) is 6. The molecule has 4 rings (SSSR count). The predicted octanol–water partition coefficient (Wildman–Crippen LogP) is 5.95. The summed E-state index contributed by atoms with van der Waals surface area (Å²) in [5.74, 6) is 0.876. The van der Waals surface area contributed by atoms with Crippen molar-refractivity contribution in [2.45, 2.75) is 30.3 Å². The molecule has 1 N–H and O–H groups in total. The fourth-order valence-corrected chi connectivity index (χ4v) is 3.59. The van der Waals surface area contributed by atoms with Gasteiger partial charge in [0.25, 0.3) is 0 Å². The fourth-order valence-electron chi connectivity index (χ4n) is 2.98. The maximum atomic E-state index is 12.7. The van der Waals surface area contributed by atoms with Gasteiger partial charge in [-0.15, -0.1) is 0 Å². The molecule has 2 heterocycles. The minimum Gasteiger partial charge on any atom is -0.493 e. The van der Waals surface area contributed by atoms with E-state index in [-0.39, 0.29) is 0 Å². The molecule has 0 aliphatic carbocycles. The molecule has 0 unspecified atom stereocenters. The van der Waals surface area contributed by atoms with E-state index in [2.05, 4.69) is 20.8 Å². The number of nitrogens with zero attached hydrogens (tertiary/aromatic N) is 2. The number of benzene rings is 2. The zero-order chi connectivity index (χ0) is 23.7. The van der Waals surface area contributed by atoms with Crippen LogP contribution in [0.1, 0.15) is 23.1 Å². The molecule has 0 saturated carbocycles. The maximum Gasteiger partial charge on any atom is 0.416 e. The molecule has 10 heteroatoms. The number of alkyl halides is 3. The van der Waals surface area contributed by atoms with Gasteiger partial charge in [0.1, 0.15) is 5.75 Å². The lowest BCUT2D eigenvalue weighted by atomic mass is 10.1. The summed E-state index contributed by atoms with van der Waals surface area (Å²) in [5.41, 5.74) is 1.28. The van der Waals surface area contributed by atoms with E-state index < -0.39 is 17.6 Å². The van der Waals surface area contributed by atoms with Gasteiger partial charge in [-0.3, -0.25) is 4.72 Å². The molecule has 0 spiro atoms. The van der Waals surface area contributed by atoms with Crippen LogP contribution in [-0.4, -0.2) is 30.3 Å². The van der Waals surface area contributed by atoms with Gasteiger partial charge < -0.3 is 9.47 Å². The van der Waals surface area contributed by atoms with Crippen LogP contribution in [0.5, 0.6) is 5.75 Å². The van der Waals surface area contributed by atoms with E-state index in [0.717, 1.165) is 54.6 Å². The Morgan fingerprint density at radius 1 is 1.12 bits per heavy atom. The summed E-state index contributed by atoms with van der Waals surface area (Å²) in [5, 5.41) is 0. The standard InChI is InChI=1S/C13H12FN3OS.C10H11F3O/c14-10-7-15-13(16-8-10)17-19-11-4-3-9-2-1-5-18-12(9)6-11;1-14-6-5-8-3-2-4-9(7-8)10(11,12)13/h3-4,6-8H,1-2,5H2,(H,15,16,17);2-4,7H,5-6H2,1H3.